The van der Waals surface area contributed by atoms with Gasteiger partial charge in [0.15, 0.2) is 0 Å². The zero-order valence-electron chi connectivity index (χ0n) is 15.1. The van der Waals surface area contributed by atoms with Gasteiger partial charge < -0.3 is 24.2 Å². The molecule has 0 radical (unpaired) electrons. The minimum atomic E-state index is -2.02. The van der Waals surface area contributed by atoms with Crippen LogP contribution in [-0.2, 0) is 14.3 Å². The molecule has 6 nitrogen and oxygen atoms in total. The number of ether oxygens (including phenoxy) is 1. The average molecular weight is 331 g/mol. The number of carboxylic acids is 1. The molecule has 1 unspecified atom stereocenters. The van der Waals surface area contributed by atoms with E-state index in [1.807, 2.05) is 0 Å². The number of hydrogen-bond acceptors (Lipinski definition) is 5. The molecule has 0 aromatic carbocycles. The Morgan fingerprint density at radius 2 is 1.57 bits per heavy atom. The number of carboxylic acid groups (broad SMARTS) is 1. The van der Waals surface area contributed by atoms with Gasteiger partial charge in [0.05, 0.1) is 27.6 Å². The highest BCUT2D eigenvalue weighted by Gasteiger charge is 2.37. The third kappa shape index (κ3) is 13.0. The van der Waals surface area contributed by atoms with Crippen LogP contribution in [0.25, 0.3) is 0 Å². The minimum absolute atomic E-state index is 0.0102. The van der Waals surface area contributed by atoms with E-state index in [0.29, 0.717) is 6.42 Å². The Kier molecular flexibility index (Phi) is 10.1. The van der Waals surface area contributed by atoms with E-state index in [4.69, 9.17) is 4.74 Å². The maximum Gasteiger partial charge on any atom is 0.308 e. The molecule has 0 aliphatic heterocycles. The van der Waals surface area contributed by atoms with Gasteiger partial charge in [0.1, 0.15) is 6.54 Å². The molecule has 23 heavy (non-hydrogen) atoms. The lowest BCUT2D eigenvalue weighted by atomic mass is 10.1. The molecular weight excluding hydrogens is 298 g/mol. The van der Waals surface area contributed by atoms with Crippen molar-refractivity contribution >= 4 is 11.9 Å². The number of nitrogens with zero attached hydrogens (tertiary/aromatic N) is 1. The molecule has 0 aliphatic rings. The molecule has 136 valence electrons. The van der Waals surface area contributed by atoms with E-state index in [0.717, 1.165) is 12.8 Å². The molecule has 6 heteroatoms. The number of aliphatic hydroxyl groups is 1. The quantitative estimate of drug-likeness (QED) is 0.237. The fourth-order valence-corrected chi connectivity index (χ4v) is 2.58. The van der Waals surface area contributed by atoms with Gasteiger partial charge in [-0.25, -0.2) is 0 Å². The van der Waals surface area contributed by atoms with Crippen molar-refractivity contribution in [2.24, 2.45) is 0 Å². The van der Waals surface area contributed by atoms with Gasteiger partial charge in [-0.15, -0.1) is 0 Å². The number of rotatable bonds is 13. The monoisotopic (exact) mass is 331 g/mol. The van der Waals surface area contributed by atoms with Crippen LogP contribution in [0.3, 0.4) is 0 Å². The molecule has 0 heterocycles. The summed E-state index contributed by atoms with van der Waals surface area (Å²) in [5, 5.41) is 21.1. The Morgan fingerprint density at radius 3 is 2.04 bits per heavy atom. The molecular formula is C17H33NO5. The first-order valence-corrected chi connectivity index (χ1v) is 8.52. The van der Waals surface area contributed by atoms with E-state index in [2.05, 4.69) is 6.92 Å². The number of aliphatic carboxylic acids is 1. The van der Waals surface area contributed by atoms with E-state index in [1.54, 1.807) is 21.1 Å². The second-order valence-corrected chi connectivity index (χ2v) is 7.29. The first-order chi connectivity index (χ1) is 10.6. The molecule has 0 aromatic heterocycles. The summed E-state index contributed by atoms with van der Waals surface area (Å²) in [5.41, 5.74) is 0. The summed E-state index contributed by atoms with van der Waals surface area (Å²) in [6.45, 7) is 2.16. The summed E-state index contributed by atoms with van der Waals surface area (Å²) in [7, 11) is 5.35. The third-order valence-electron chi connectivity index (χ3n) is 3.43. The van der Waals surface area contributed by atoms with Crippen LogP contribution in [0.2, 0.25) is 0 Å². The van der Waals surface area contributed by atoms with Crippen LogP contribution in [0.1, 0.15) is 64.7 Å². The standard InChI is InChI=1S/C17H33NO5/c1-5-6-7-8-9-10-11-12-16(21)23-17(22,13-15(19)20)14-18(2,3)4/h22H,5-14H2,1-4H3. The molecule has 1 atom stereocenters. The molecule has 0 rings (SSSR count). The van der Waals surface area contributed by atoms with Crippen LogP contribution in [0, 0.1) is 0 Å². The van der Waals surface area contributed by atoms with E-state index in [-0.39, 0.29) is 17.4 Å². The van der Waals surface area contributed by atoms with Crippen molar-refractivity contribution < 1.29 is 29.0 Å². The molecule has 0 aliphatic carbocycles. The summed E-state index contributed by atoms with van der Waals surface area (Å²) in [6.07, 6.45) is 7.01. The lowest BCUT2D eigenvalue weighted by Gasteiger charge is -2.35. The number of esters is 1. The van der Waals surface area contributed by atoms with Crippen LogP contribution < -0.4 is 5.11 Å². The summed E-state index contributed by atoms with van der Waals surface area (Å²) in [6, 6.07) is 0. The summed E-state index contributed by atoms with van der Waals surface area (Å²) in [4.78, 5) is 22.7. The normalized spacial score (nSPS) is 14.3. The molecule has 0 aromatic rings. The Morgan fingerprint density at radius 1 is 1.04 bits per heavy atom. The van der Waals surface area contributed by atoms with Gasteiger partial charge in [0.2, 0.25) is 0 Å². The van der Waals surface area contributed by atoms with E-state index < -0.39 is 24.1 Å². The predicted molar refractivity (Wildman–Crippen MR) is 86.2 cm³/mol. The van der Waals surface area contributed by atoms with Gasteiger partial charge >= 0.3 is 5.97 Å². The van der Waals surface area contributed by atoms with E-state index >= 15 is 0 Å². The molecule has 0 amide bonds. The Balaban J connectivity index is 4.21. The lowest BCUT2D eigenvalue weighted by Crippen LogP contribution is -2.54. The van der Waals surface area contributed by atoms with Crippen molar-refractivity contribution in [1.82, 2.24) is 0 Å². The van der Waals surface area contributed by atoms with E-state index in [9.17, 15) is 19.8 Å². The van der Waals surface area contributed by atoms with Crippen molar-refractivity contribution in [3.63, 3.8) is 0 Å². The van der Waals surface area contributed by atoms with Gasteiger partial charge in [-0.3, -0.25) is 4.79 Å². The summed E-state index contributed by atoms with van der Waals surface area (Å²) >= 11 is 0. The zero-order chi connectivity index (χ0) is 17.9. The lowest BCUT2D eigenvalue weighted by molar-refractivity contribution is -0.880. The fraction of sp³-hybridized carbons (Fsp3) is 0.882. The third-order valence-corrected chi connectivity index (χ3v) is 3.43. The number of hydrogen-bond donors (Lipinski definition) is 1. The average Bonchev–Trinajstić information content (AvgIpc) is 2.33. The summed E-state index contributed by atoms with van der Waals surface area (Å²) < 4.78 is 5.32. The van der Waals surface area contributed by atoms with Gasteiger partial charge in [-0.2, -0.15) is 0 Å². The van der Waals surface area contributed by atoms with Crippen LogP contribution in [0.5, 0.6) is 0 Å². The largest absolute Gasteiger partial charge is 0.550 e. The van der Waals surface area contributed by atoms with Gasteiger partial charge in [-0.05, 0) is 6.42 Å². The van der Waals surface area contributed by atoms with Crippen molar-refractivity contribution in [1.29, 1.82) is 0 Å². The van der Waals surface area contributed by atoms with Crippen LogP contribution >= 0.6 is 0 Å². The summed E-state index contributed by atoms with van der Waals surface area (Å²) in [5.74, 6) is -4.02. The number of unbranched alkanes of at least 4 members (excludes halogenated alkanes) is 6. The van der Waals surface area contributed by atoms with Crippen LogP contribution in [0.4, 0.5) is 0 Å². The fourth-order valence-electron chi connectivity index (χ4n) is 2.58. The van der Waals surface area contributed by atoms with E-state index in [1.165, 1.54) is 25.7 Å². The van der Waals surface area contributed by atoms with Gasteiger partial charge in [-0.1, -0.05) is 45.4 Å². The Bertz CT molecular complexity index is 364. The molecule has 0 saturated carbocycles. The molecule has 1 N–H and O–H groups in total. The van der Waals surface area contributed by atoms with Crippen molar-refractivity contribution in [3.05, 3.63) is 0 Å². The topological polar surface area (TPSA) is 86.7 Å². The zero-order valence-corrected chi connectivity index (χ0v) is 15.1. The number of quaternary nitrogens is 1. The highest BCUT2D eigenvalue weighted by Crippen LogP contribution is 2.18. The van der Waals surface area contributed by atoms with Crippen molar-refractivity contribution in [2.75, 3.05) is 27.7 Å². The highest BCUT2D eigenvalue weighted by atomic mass is 16.7. The Labute approximate surface area is 140 Å². The van der Waals surface area contributed by atoms with Crippen LogP contribution in [0.15, 0.2) is 0 Å². The maximum absolute atomic E-state index is 11.9. The van der Waals surface area contributed by atoms with Gasteiger partial charge in [0.25, 0.3) is 5.79 Å². The number of carbonyl (C=O) groups excluding carboxylic acids is 2. The highest BCUT2D eigenvalue weighted by molar-refractivity contribution is 5.71. The second kappa shape index (κ2) is 10.6. The van der Waals surface area contributed by atoms with Crippen molar-refractivity contribution in [3.8, 4) is 0 Å². The first-order valence-electron chi connectivity index (χ1n) is 8.52. The SMILES string of the molecule is CCCCCCCCCC(=O)OC(O)(CC(=O)[O-])C[N+](C)(C)C. The predicted octanol–water partition coefficient (Wildman–Crippen LogP) is 1.21. The molecule has 0 bridgehead atoms. The first kappa shape index (κ1) is 21.9. The molecule has 0 saturated heterocycles. The van der Waals surface area contributed by atoms with Crippen molar-refractivity contribution in [2.45, 2.75) is 70.5 Å². The number of likely N-dealkylation sites (N-methyl/N-ethyl adjacent to an activating group) is 1. The van der Waals surface area contributed by atoms with Crippen LogP contribution in [-0.4, -0.2) is 55.0 Å². The Hall–Kier alpha value is -1.14. The minimum Gasteiger partial charge on any atom is -0.550 e. The van der Waals surface area contributed by atoms with Gasteiger partial charge in [0, 0.05) is 12.4 Å². The smallest absolute Gasteiger partial charge is 0.308 e. The molecule has 0 fully saturated rings. The number of carbonyl (C=O) groups is 2. The maximum atomic E-state index is 11.9. The second-order valence-electron chi connectivity index (χ2n) is 7.29. The molecule has 0 spiro atoms.